The highest BCUT2D eigenvalue weighted by atomic mass is 16.6. The Hall–Kier alpha value is -1.84. The topological polar surface area (TPSA) is 46.6 Å². The maximum atomic E-state index is 12.7. The molecule has 1 heterocycles. The van der Waals surface area contributed by atoms with Gasteiger partial charge in [-0.15, -0.1) is 0 Å². The summed E-state index contributed by atoms with van der Waals surface area (Å²) in [7, 11) is 0. The molecule has 1 aliphatic rings. The molecule has 2 amide bonds. The second-order valence-corrected chi connectivity index (χ2v) is 6.94. The Morgan fingerprint density at radius 1 is 1.23 bits per heavy atom. The third-order valence-corrected chi connectivity index (χ3v) is 4.29. The lowest BCUT2D eigenvalue weighted by Crippen LogP contribution is -2.48. The smallest absolute Gasteiger partial charge is 0.417 e. The summed E-state index contributed by atoms with van der Waals surface area (Å²) in [4.78, 5) is 26.1. The fraction of sp³-hybridized carbons (Fsp3) is 0.556. The van der Waals surface area contributed by atoms with Crippen LogP contribution in [0.4, 0.5) is 4.79 Å². The molecule has 0 radical (unpaired) electrons. The van der Waals surface area contributed by atoms with Gasteiger partial charge >= 0.3 is 6.09 Å². The van der Waals surface area contributed by atoms with Crippen molar-refractivity contribution < 1.29 is 14.3 Å². The highest BCUT2D eigenvalue weighted by Crippen LogP contribution is 2.35. The number of carbonyl (C=O) groups excluding carboxylic acids is 2. The fourth-order valence-corrected chi connectivity index (χ4v) is 3.38. The molecule has 0 spiro atoms. The van der Waals surface area contributed by atoms with Crippen LogP contribution in [0.15, 0.2) is 30.3 Å². The predicted octanol–water partition coefficient (Wildman–Crippen LogP) is 3.96. The molecule has 22 heavy (non-hydrogen) atoms. The van der Waals surface area contributed by atoms with Crippen LogP contribution in [0.25, 0.3) is 0 Å². The van der Waals surface area contributed by atoms with Gasteiger partial charge in [0.05, 0.1) is 6.04 Å². The minimum Gasteiger partial charge on any atom is -0.441 e. The molecule has 4 nitrogen and oxygen atoms in total. The van der Waals surface area contributed by atoms with E-state index in [0.717, 1.165) is 5.56 Å². The zero-order valence-corrected chi connectivity index (χ0v) is 14.0. The van der Waals surface area contributed by atoms with Crippen molar-refractivity contribution in [3.8, 4) is 0 Å². The summed E-state index contributed by atoms with van der Waals surface area (Å²) in [6, 6.07) is 9.65. The number of imide groups is 1. The van der Waals surface area contributed by atoms with Crippen molar-refractivity contribution in [3.63, 3.8) is 0 Å². The van der Waals surface area contributed by atoms with E-state index in [1.807, 2.05) is 65.0 Å². The molecule has 0 bridgehead atoms. The SMILES string of the molecule is CC(C)[C@@H]1N(C(=O)C[C@H](C)c2ccccc2)C(=O)OC1(C)C. The second kappa shape index (κ2) is 6.11. The van der Waals surface area contributed by atoms with Gasteiger partial charge < -0.3 is 4.74 Å². The first-order chi connectivity index (χ1) is 10.2. The fourth-order valence-electron chi connectivity index (χ4n) is 3.38. The average Bonchev–Trinajstić information content (AvgIpc) is 2.68. The zero-order chi connectivity index (χ0) is 16.5. The molecule has 1 aromatic rings. The van der Waals surface area contributed by atoms with Crippen LogP contribution in [0, 0.1) is 5.92 Å². The second-order valence-electron chi connectivity index (χ2n) is 6.94. The van der Waals surface area contributed by atoms with Gasteiger partial charge in [0.2, 0.25) is 5.91 Å². The van der Waals surface area contributed by atoms with Gasteiger partial charge in [-0.25, -0.2) is 9.69 Å². The molecular weight excluding hydrogens is 278 g/mol. The van der Waals surface area contributed by atoms with Gasteiger partial charge in [0.25, 0.3) is 0 Å². The molecule has 2 rings (SSSR count). The molecular formula is C18H25NO3. The summed E-state index contributed by atoms with van der Waals surface area (Å²) >= 11 is 0. The first kappa shape index (κ1) is 16.5. The summed E-state index contributed by atoms with van der Waals surface area (Å²) in [6.45, 7) is 9.75. The lowest BCUT2D eigenvalue weighted by atomic mass is 9.88. The number of ether oxygens (including phenoxy) is 1. The molecule has 0 N–H and O–H groups in total. The molecule has 1 saturated heterocycles. The number of rotatable bonds is 4. The Labute approximate surface area is 132 Å². The van der Waals surface area contributed by atoms with Crippen LogP contribution in [0.2, 0.25) is 0 Å². The van der Waals surface area contributed by atoms with E-state index >= 15 is 0 Å². The number of carbonyl (C=O) groups is 2. The predicted molar refractivity (Wildman–Crippen MR) is 85.5 cm³/mol. The van der Waals surface area contributed by atoms with E-state index in [0.29, 0.717) is 6.42 Å². The molecule has 0 aliphatic carbocycles. The van der Waals surface area contributed by atoms with E-state index in [1.54, 1.807) is 0 Å². The van der Waals surface area contributed by atoms with E-state index < -0.39 is 11.7 Å². The summed E-state index contributed by atoms with van der Waals surface area (Å²) < 4.78 is 5.41. The van der Waals surface area contributed by atoms with Crippen molar-refractivity contribution in [1.29, 1.82) is 0 Å². The summed E-state index contributed by atoms with van der Waals surface area (Å²) in [5.41, 5.74) is 0.459. The Morgan fingerprint density at radius 3 is 2.36 bits per heavy atom. The molecule has 0 saturated carbocycles. The van der Waals surface area contributed by atoms with Gasteiger partial charge in [-0.1, -0.05) is 51.1 Å². The van der Waals surface area contributed by atoms with Crippen LogP contribution in [0.1, 0.15) is 52.5 Å². The highest BCUT2D eigenvalue weighted by molar-refractivity contribution is 5.94. The van der Waals surface area contributed by atoms with Crippen molar-refractivity contribution in [2.75, 3.05) is 0 Å². The molecule has 0 unspecified atom stereocenters. The van der Waals surface area contributed by atoms with Crippen molar-refractivity contribution in [2.24, 2.45) is 5.92 Å². The standard InChI is InChI=1S/C18H25NO3/c1-12(2)16-18(4,5)22-17(21)19(16)15(20)11-13(3)14-9-7-6-8-10-14/h6-10,12-13,16H,11H2,1-5H3/t13-,16-/m0/s1. The number of hydrogen-bond acceptors (Lipinski definition) is 3. The maximum Gasteiger partial charge on any atom is 0.417 e. The summed E-state index contributed by atoms with van der Waals surface area (Å²) in [5, 5.41) is 0. The average molecular weight is 303 g/mol. The third-order valence-electron chi connectivity index (χ3n) is 4.29. The minimum atomic E-state index is -0.642. The number of amides is 2. The van der Waals surface area contributed by atoms with Crippen LogP contribution < -0.4 is 0 Å². The Bertz CT molecular complexity index is 551. The van der Waals surface area contributed by atoms with E-state index in [1.165, 1.54) is 4.90 Å². The first-order valence-corrected chi connectivity index (χ1v) is 7.84. The Balaban J connectivity index is 2.16. The minimum absolute atomic E-state index is 0.0676. The zero-order valence-electron chi connectivity index (χ0n) is 14.0. The van der Waals surface area contributed by atoms with Crippen molar-refractivity contribution >= 4 is 12.0 Å². The molecule has 4 heteroatoms. The summed E-state index contributed by atoms with van der Waals surface area (Å²) in [6.07, 6.45) is -0.215. The van der Waals surface area contributed by atoms with Gasteiger partial charge in [-0.2, -0.15) is 0 Å². The molecule has 1 aromatic carbocycles. The molecule has 120 valence electrons. The van der Waals surface area contributed by atoms with Gasteiger partial charge in [-0.3, -0.25) is 4.79 Å². The van der Waals surface area contributed by atoms with Gasteiger partial charge in [0.15, 0.2) is 0 Å². The van der Waals surface area contributed by atoms with E-state index in [9.17, 15) is 9.59 Å². The van der Waals surface area contributed by atoms with Crippen molar-refractivity contribution in [3.05, 3.63) is 35.9 Å². The van der Waals surface area contributed by atoms with E-state index in [-0.39, 0.29) is 23.8 Å². The van der Waals surface area contributed by atoms with Gasteiger partial charge in [0, 0.05) is 6.42 Å². The molecule has 1 fully saturated rings. The van der Waals surface area contributed by atoms with Crippen LogP contribution in [0.3, 0.4) is 0 Å². The lowest BCUT2D eigenvalue weighted by molar-refractivity contribution is -0.130. The van der Waals surface area contributed by atoms with Crippen molar-refractivity contribution in [2.45, 2.75) is 58.6 Å². The number of hydrogen-bond donors (Lipinski definition) is 0. The molecule has 2 atom stereocenters. The summed E-state index contributed by atoms with van der Waals surface area (Å²) in [5.74, 6) is 0.0566. The normalized spacial score (nSPS) is 21.8. The monoisotopic (exact) mass is 303 g/mol. The number of cyclic esters (lactones) is 1. The van der Waals surface area contributed by atoms with Crippen LogP contribution in [0.5, 0.6) is 0 Å². The Kier molecular flexibility index (Phi) is 4.59. The number of benzene rings is 1. The lowest BCUT2D eigenvalue weighted by Gasteiger charge is -2.31. The van der Waals surface area contributed by atoms with Crippen molar-refractivity contribution in [1.82, 2.24) is 4.90 Å². The number of nitrogens with zero attached hydrogens (tertiary/aromatic N) is 1. The first-order valence-electron chi connectivity index (χ1n) is 7.84. The maximum absolute atomic E-state index is 12.7. The van der Waals surface area contributed by atoms with Crippen LogP contribution >= 0.6 is 0 Å². The molecule has 0 aromatic heterocycles. The highest BCUT2D eigenvalue weighted by Gasteiger charge is 2.51. The molecule has 1 aliphatic heterocycles. The quantitative estimate of drug-likeness (QED) is 0.845. The van der Waals surface area contributed by atoms with Crippen LogP contribution in [-0.2, 0) is 9.53 Å². The largest absolute Gasteiger partial charge is 0.441 e. The van der Waals surface area contributed by atoms with E-state index in [4.69, 9.17) is 4.74 Å². The van der Waals surface area contributed by atoms with E-state index in [2.05, 4.69) is 0 Å². The third kappa shape index (κ3) is 3.16. The van der Waals surface area contributed by atoms with Gasteiger partial charge in [-0.05, 0) is 31.2 Å². The Morgan fingerprint density at radius 2 is 1.82 bits per heavy atom. The van der Waals surface area contributed by atoms with Gasteiger partial charge in [0.1, 0.15) is 5.60 Å². The van der Waals surface area contributed by atoms with Crippen LogP contribution in [-0.4, -0.2) is 28.5 Å².